The average Bonchev–Trinajstić information content (AvgIpc) is 3.39. The number of benzene rings is 3. The van der Waals surface area contributed by atoms with E-state index in [1.54, 1.807) is 6.07 Å². The molecule has 0 aliphatic carbocycles. The van der Waals surface area contributed by atoms with Gasteiger partial charge in [-0.3, -0.25) is 4.79 Å². The number of anilines is 1. The fourth-order valence-corrected chi connectivity index (χ4v) is 5.45. The molecule has 2 saturated heterocycles. The first-order valence-corrected chi connectivity index (χ1v) is 13.1. The lowest BCUT2D eigenvalue weighted by Crippen LogP contribution is -2.52. The molecule has 3 aliphatic heterocycles. The Morgan fingerprint density at radius 1 is 1.00 bits per heavy atom. The van der Waals surface area contributed by atoms with Gasteiger partial charge in [0.15, 0.2) is 11.5 Å². The van der Waals surface area contributed by atoms with E-state index in [-0.39, 0.29) is 17.6 Å². The van der Waals surface area contributed by atoms with Crippen LogP contribution in [0.25, 0.3) is 10.8 Å². The van der Waals surface area contributed by atoms with Gasteiger partial charge in [-0.15, -0.1) is 0 Å². The van der Waals surface area contributed by atoms with Gasteiger partial charge in [0.2, 0.25) is 5.91 Å². The quantitative estimate of drug-likeness (QED) is 0.512. The molecule has 3 aromatic rings. The molecule has 0 saturated carbocycles. The third-order valence-electron chi connectivity index (χ3n) is 7.73. The number of carbonyl (C=O) groups is 1. The summed E-state index contributed by atoms with van der Waals surface area (Å²) in [6, 6.07) is 15.8. The standard InChI is InChI=1S/C29H32FN3O4/c30-23-5-2-20-15-24(6-3-19(20)14-23)33-11-8-22(17-33)29(35)31-25(18-32-9-1-10-32)28(34)21-4-7-26-27(16-21)37-13-12-36-26/h2-7,14-16,22,25,28,34H,1,8-13,17-18H2,(H,31,35). The zero-order valence-electron chi connectivity index (χ0n) is 20.7. The zero-order chi connectivity index (χ0) is 25.4. The first kappa shape index (κ1) is 24.0. The Hall–Kier alpha value is -3.36. The first-order valence-electron chi connectivity index (χ1n) is 13.1. The number of carbonyl (C=O) groups excluding carboxylic acids is 1. The number of likely N-dealkylation sites (tertiary alicyclic amines) is 1. The van der Waals surface area contributed by atoms with Gasteiger partial charge in [0.25, 0.3) is 0 Å². The minimum atomic E-state index is -0.862. The second-order valence-corrected chi connectivity index (χ2v) is 10.2. The largest absolute Gasteiger partial charge is 0.486 e. The number of nitrogens with zero attached hydrogens (tertiary/aromatic N) is 2. The smallest absolute Gasteiger partial charge is 0.225 e. The predicted octanol–water partition coefficient (Wildman–Crippen LogP) is 3.50. The number of hydrogen-bond acceptors (Lipinski definition) is 6. The summed E-state index contributed by atoms with van der Waals surface area (Å²) in [6.07, 6.45) is 1.01. The molecule has 8 heteroatoms. The van der Waals surface area contributed by atoms with Gasteiger partial charge in [0, 0.05) is 25.3 Å². The van der Waals surface area contributed by atoms with E-state index in [1.165, 1.54) is 12.1 Å². The highest BCUT2D eigenvalue weighted by atomic mass is 19.1. The lowest BCUT2D eigenvalue weighted by Gasteiger charge is -2.36. The van der Waals surface area contributed by atoms with Gasteiger partial charge in [-0.25, -0.2) is 4.39 Å². The molecule has 37 heavy (non-hydrogen) atoms. The van der Waals surface area contributed by atoms with Crippen LogP contribution in [-0.4, -0.2) is 67.9 Å². The molecule has 3 aromatic carbocycles. The van der Waals surface area contributed by atoms with Crippen molar-refractivity contribution in [3.05, 3.63) is 66.0 Å². The summed E-state index contributed by atoms with van der Waals surface area (Å²) < 4.78 is 24.8. The van der Waals surface area contributed by atoms with Crippen LogP contribution >= 0.6 is 0 Å². The Morgan fingerprint density at radius 2 is 1.78 bits per heavy atom. The molecule has 0 aromatic heterocycles. The van der Waals surface area contributed by atoms with E-state index >= 15 is 0 Å². The minimum Gasteiger partial charge on any atom is -0.486 e. The fraction of sp³-hybridized carbons (Fsp3) is 0.414. The second-order valence-electron chi connectivity index (χ2n) is 10.2. The van der Waals surface area contributed by atoms with Crippen LogP contribution < -0.4 is 19.7 Å². The normalized spacial score (nSPS) is 20.9. The molecule has 3 aliphatic rings. The molecular formula is C29H32FN3O4. The van der Waals surface area contributed by atoms with Gasteiger partial charge < -0.3 is 29.7 Å². The van der Waals surface area contributed by atoms with Gasteiger partial charge in [0.05, 0.1) is 12.0 Å². The van der Waals surface area contributed by atoms with Gasteiger partial charge in [-0.1, -0.05) is 18.2 Å². The van der Waals surface area contributed by atoms with Crippen molar-refractivity contribution in [2.24, 2.45) is 5.92 Å². The first-order chi connectivity index (χ1) is 18.0. The summed E-state index contributed by atoms with van der Waals surface area (Å²) in [7, 11) is 0. The second kappa shape index (κ2) is 10.2. The molecule has 3 unspecified atom stereocenters. The molecule has 194 valence electrons. The number of hydrogen-bond donors (Lipinski definition) is 2. The van der Waals surface area contributed by atoms with Crippen LogP contribution in [0.15, 0.2) is 54.6 Å². The molecule has 7 nitrogen and oxygen atoms in total. The van der Waals surface area contributed by atoms with Crippen LogP contribution in [0, 0.1) is 11.7 Å². The third-order valence-corrected chi connectivity index (χ3v) is 7.73. The number of ether oxygens (including phenoxy) is 2. The summed E-state index contributed by atoms with van der Waals surface area (Å²) in [6.45, 7) is 4.92. The van der Waals surface area contributed by atoms with Crippen molar-refractivity contribution < 1.29 is 23.8 Å². The van der Waals surface area contributed by atoms with E-state index in [4.69, 9.17) is 9.47 Å². The zero-order valence-corrected chi connectivity index (χ0v) is 20.7. The van der Waals surface area contributed by atoms with Crippen LogP contribution in [0.4, 0.5) is 10.1 Å². The monoisotopic (exact) mass is 505 g/mol. The molecule has 0 radical (unpaired) electrons. The highest BCUT2D eigenvalue weighted by Gasteiger charge is 2.33. The van der Waals surface area contributed by atoms with Crippen molar-refractivity contribution in [2.75, 3.05) is 50.8 Å². The van der Waals surface area contributed by atoms with Crippen molar-refractivity contribution in [2.45, 2.75) is 25.0 Å². The van der Waals surface area contributed by atoms with E-state index in [9.17, 15) is 14.3 Å². The lowest BCUT2D eigenvalue weighted by molar-refractivity contribution is -0.126. The van der Waals surface area contributed by atoms with E-state index in [2.05, 4.69) is 15.1 Å². The maximum Gasteiger partial charge on any atom is 0.225 e. The predicted molar refractivity (Wildman–Crippen MR) is 140 cm³/mol. The number of fused-ring (bicyclic) bond motifs is 2. The number of aliphatic hydroxyl groups is 1. The van der Waals surface area contributed by atoms with E-state index in [1.807, 2.05) is 36.4 Å². The van der Waals surface area contributed by atoms with Crippen molar-refractivity contribution in [1.82, 2.24) is 10.2 Å². The SMILES string of the molecule is O=C(NC(CN1CCC1)C(O)c1ccc2c(c1)OCCO2)C1CCN(c2ccc3cc(F)ccc3c2)C1. The topological polar surface area (TPSA) is 74.3 Å². The summed E-state index contributed by atoms with van der Waals surface area (Å²) in [5.41, 5.74) is 1.73. The fourth-order valence-electron chi connectivity index (χ4n) is 5.45. The highest BCUT2D eigenvalue weighted by molar-refractivity contribution is 5.86. The number of aliphatic hydroxyl groups excluding tert-OH is 1. The molecule has 2 N–H and O–H groups in total. The molecule has 3 atom stereocenters. The lowest BCUT2D eigenvalue weighted by atomic mass is 9.98. The summed E-state index contributed by atoms with van der Waals surface area (Å²) in [5.74, 6) is 0.851. The van der Waals surface area contributed by atoms with Crippen LogP contribution in [0.3, 0.4) is 0 Å². The van der Waals surface area contributed by atoms with Gasteiger partial charge in [-0.2, -0.15) is 0 Å². The minimum absolute atomic E-state index is 0.0347. The Labute approximate surface area is 215 Å². The van der Waals surface area contributed by atoms with Crippen LogP contribution in [-0.2, 0) is 4.79 Å². The molecule has 2 fully saturated rings. The van der Waals surface area contributed by atoms with Crippen LogP contribution in [0.1, 0.15) is 24.5 Å². The van der Waals surface area contributed by atoms with Gasteiger partial charge in [0.1, 0.15) is 25.1 Å². The average molecular weight is 506 g/mol. The van der Waals surface area contributed by atoms with Crippen LogP contribution in [0.5, 0.6) is 11.5 Å². The van der Waals surface area contributed by atoms with E-state index in [0.29, 0.717) is 43.4 Å². The Kier molecular flexibility index (Phi) is 6.61. The maximum absolute atomic E-state index is 13.5. The molecule has 0 bridgehead atoms. The highest BCUT2D eigenvalue weighted by Crippen LogP contribution is 2.34. The van der Waals surface area contributed by atoms with E-state index in [0.717, 1.165) is 48.9 Å². The molecule has 6 rings (SSSR count). The molecular weight excluding hydrogens is 473 g/mol. The number of rotatable bonds is 7. The number of nitrogens with one attached hydrogen (secondary N) is 1. The molecule has 0 spiro atoms. The Bertz CT molecular complexity index is 1300. The number of amides is 1. The van der Waals surface area contributed by atoms with Crippen molar-refractivity contribution >= 4 is 22.4 Å². The Morgan fingerprint density at radius 3 is 2.59 bits per heavy atom. The number of halogens is 1. The van der Waals surface area contributed by atoms with Gasteiger partial charge >= 0.3 is 0 Å². The Balaban J connectivity index is 1.14. The van der Waals surface area contributed by atoms with Crippen molar-refractivity contribution in [1.29, 1.82) is 0 Å². The molecule has 3 heterocycles. The van der Waals surface area contributed by atoms with Crippen molar-refractivity contribution in [3.8, 4) is 11.5 Å². The van der Waals surface area contributed by atoms with Gasteiger partial charge in [-0.05, 0) is 78.7 Å². The van der Waals surface area contributed by atoms with E-state index < -0.39 is 12.1 Å². The van der Waals surface area contributed by atoms with Crippen molar-refractivity contribution in [3.63, 3.8) is 0 Å². The summed E-state index contributed by atoms with van der Waals surface area (Å²) in [4.78, 5) is 17.8. The summed E-state index contributed by atoms with van der Waals surface area (Å²) >= 11 is 0. The van der Waals surface area contributed by atoms with Crippen LogP contribution in [0.2, 0.25) is 0 Å². The third kappa shape index (κ3) is 5.08. The maximum atomic E-state index is 13.5. The molecule has 1 amide bonds. The summed E-state index contributed by atoms with van der Waals surface area (Å²) in [5, 5.41) is 16.3.